The van der Waals surface area contributed by atoms with E-state index in [-0.39, 0.29) is 31.2 Å². The van der Waals surface area contributed by atoms with E-state index in [1.807, 2.05) is 35.2 Å². The van der Waals surface area contributed by atoms with Gasteiger partial charge in [0, 0.05) is 57.4 Å². The Balaban J connectivity index is 1.23. The Labute approximate surface area is 243 Å². The standard InChI is InChI=1S/C30H37N7O5/c1-33-24(9-13-32-33)23-17-26(38)36(21-31-23)20-30(42)12-14-35(19-29(30)10-5-6-11-29)27(39)37-16-15-34(28(40)41)18-25(37)22-7-3-2-4-8-22/h2-4,7-9,13,17,21,25,42H,5-6,10-12,14-16,18-20H2,1H3,(H,40,41)/t25-,30+/m0/s1. The fraction of sp³-hybridized carbons (Fsp3) is 0.500. The molecule has 3 amide bonds. The third kappa shape index (κ3) is 4.93. The number of carbonyl (C=O) groups excluding carboxylic acids is 1. The molecule has 12 nitrogen and oxygen atoms in total. The molecular formula is C30H37N7O5. The Morgan fingerprint density at radius 2 is 1.79 bits per heavy atom. The number of benzene rings is 1. The van der Waals surface area contributed by atoms with Gasteiger partial charge in [-0.2, -0.15) is 5.10 Å². The van der Waals surface area contributed by atoms with Gasteiger partial charge in [0.2, 0.25) is 0 Å². The number of amides is 3. The lowest BCUT2D eigenvalue weighted by Crippen LogP contribution is -2.64. The first-order valence-electron chi connectivity index (χ1n) is 14.6. The van der Waals surface area contributed by atoms with E-state index in [4.69, 9.17) is 0 Å². The predicted octanol–water partition coefficient (Wildman–Crippen LogP) is 2.80. The zero-order valence-corrected chi connectivity index (χ0v) is 23.8. The number of nitrogens with zero attached hydrogens (tertiary/aromatic N) is 7. The van der Waals surface area contributed by atoms with Gasteiger partial charge in [0.1, 0.15) is 0 Å². The molecule has 222 valence electrons. The van der Waals surface area contributed by atoms with Gasteiger partial charge < -0.3 is 24.9 Å². The zero-order valence-electron chi connectivity index (χ0n) is 23.8. The molecule has 4 heterocycles. The molecule has 2 aliphatic heterocycles. The van der Waals surface area contributed by atoms with E-state index in [0.29, 0.717) is 31.7 Å². The van der Waals surface area contributed by atoms with Crippen molar-refractivity contribution in [2.45, 2.75) is 50.3 Å². The van der Waals surface area contributed by atoms with E-state index in [9.17, 15) is 24.6 Å². The minimum Gasteiger partial charge on any atom is -0.465 e. The summed E-state index contributed by atoms with van der Waals surface area (Å²) < 4.78 is 3.14. The summed E-state index contributed by atoms with van der Waals surface area (Å²) in [5.74, 6) is 0. The smallest absolute Gasteiger partial charge is 0.407 e. The Bertz CT molecular complexity index is 1520. The van der Waals surface area contributed by atoms with Crippen molar-refractivity contribution in [2.75, 3.05) is 32.7 Å². The van der Waals surface area contributed by atoms with Crippen LogP contribution in [0.5, 0.6) is 0 Å². The molecule has 2 atom stereocenters. The molecule has 0 unspecified atom stereocenters. The highest BCUT2D eigenvalue weighted by molar-refractivity contribution is 5.76. The molecule has 6 rings (SSSR count). The van der Waals surface area contributed by atoms with Crippen LogP contribution in [-0.4, -0.2) is 94.7 Å². The highest BCUT2D eigenvalue weighted by Gasteiger charge is 2.56. The molecule has 1 saturated carbocycles. The van der Waals surface area contributed by atoms with Crippen LogP contribution in [0.4, 0.5) is 9.59 Å². The monoisotopic (exact) mass is 575 g/mol. The zero-order chi connectivity index (χ0) is 29.5. The third-order valence-electron chi connectivity index (χ3n) is 9.58. The molecule has 42 heavy (non-hydrogen) atoms. The summed E-state index contributed by atoms with van der Waals surface area (Å²) in [6, 6.07) is 12.3. The molecular weight excluding hydrogens is 538 g/mol. The van der Waals surface area contributed by atoms with Crippen LogP contribution in [0, 0.1) is 5.41 Å². The van der Waals surface area contributed by atoms with Gasteiger partial charge in [0.15, 0.2) is 0 Å². The summed E-state index contributed by atoms with van der Waals surface area (Å²) in [4.78, 5) is 48.5. The summed E-state index contributed by atoms with van der Waals surface area (Å²) in [5, 5.41) is 26.0. The van der Waals surface area contributed by atoms with E-state index < -0.39 is 23.2 Å². The first kappa shape index (κ1) is 28.0. The SMILES string of the molecule is Cn1nccc1-c1cc(=O)n(C[C@]2(O)CCN(C(=O)N3CCN(C(=O)O)C[C@H]3c3ccccc3)CC23CCCC3)cn1. The number of hydrogen-bond acceptors (Lipinski definition) is 6. The Morgan fingerprint density at radius 1 is 1.02 bits per heavy atom. The maximum Gasteiger partial charge on any atom is 0.407 e. The molecule has 0 bridgehead atoms. The van der Waals surface area contributed by atoms with Crippen molar-refractivity contribution >= 4 is 12.1 Å². The average molecular weight is 576 g/mol. The molecule has 2 aromatic heterocycles. The van der Waals surface area contributed by atoms with Crippen LogP contribution in [0.2, 0.25) is 0 Å². The summed E-state index contributed by atoms with van der Waals surface area (Å²) in [6.07, 6.45) is 5.90. The number of piperazine rings is 1. The maximum atomic E-state index is 14.1. The van der Waals surface area contributed by atoms with Crippen molar-refractivity contribution in [1.29, 1.82) is 0 Å². The molecule has 3 aliphatic rings. The quantitative estimate of drug-likeness (QED) is 0.488. The number of aliphatic hydroxyl groups is 1. The highest BCUT2D eigenvalue weighted by Crippen LogP contribution is 2.52. The van der Waals surface area contributed by atoms with E-state index >= 15 is 0 Å². The molecule has 2 N–H and O–H groups in total. The lowest BCUT2D eigenvalue weighted by Gasteiger charge is -2.53. The fourth-order valence-corrected chi connectivity index (χ4v) is 7.18. The lowest BCUT2D eigenvalue weighted by molar-refractivity contribution is -0.137. The number of aryl methyl sites for hydroxylation is 1. The van der Waals surface area contributed by atoms with Crippen LogP contribution in [-0.2, 0) is 13.6 Å². The number of aromatic nitrogens is 4. The Hall–Kier alpha value is -4.19. The number of likely N-dealkylation sites (tertiary alicyclic amines) is 1. The van der Waals surface area contributed by atoms with Gasteiger partial charge in [-0.05, 0) is 30.9 Å². The molecule has 12 heteroatoms. The van der Waals surface area contributed by atoms with Crippen LogP contribution >= 0.6 is 0 Å². The predicted molar refractivity (Wildman–Crippen MR) is 154 cm³/mol. The summed E-state index contributed by atoms with van der Waals surface area (Å²) in [6.45, 7) is 1.58. The normalized spacial score (nSPS) is 23.9. The first-order chi connectivity index (χ1) is 20.2. The van der Waals surface area contributed by atoms with Gasteiger partial charge in [-0.25, -0.2) is 14.6 Å². The third-order valence-corrected chi connectivity index (χ3v) is 9.58. The van der Waals surface area contributed by atoms with Gasteiger partial charge in [0.25, 0.3) is 5.56 Å². The van der Waals surface area contributed by atoms with E-state index in [2.05, 4.69) is 10.1 Å². The number of carboxylic acid groups (broad SMARTS) is 1. The minimum atomic E-state index is -1.18. The molecule has 1 spiro atoms. The molecule has 3 fully saturated rings. The van der Waals surface area contributed by atoms with Crippen LogP contribution in [0.3, 0.4) is 0 Å². The molecule has 1 aromatic carbocycles. The van der Waals surface area contributed by atoms with Crippen LogP contribution in [0.15, 0.2) is 59.8 Å². The van der Waals surface area contributed by atoms with E-state index in [1.165, 1.54) is 21.9 Å². The lowest BCUT2D eigenvalue weighted by atomic mass is 9.66. The van der Waals surface area contributed by atoms with Gasteiger partial charge in [-0.3, -0.25) is 14.0 Å². The van der Waals surface area contributed by atoms with Crippen LogP contribution < -0.4 is 5.56 Å². The minimum absolute atomic E-state index is 0.108. The van der Waals surface area contributed by atoms with Gasteiger partial charge >= 0.3 is 12.1 Å². The van der Waals surface area contributed by atoms with E-state index in [1.54, 1.807) is 28.9 Å². The first-order valence-corrected chi connectivity index (χ1v) is 14.6. The van der Waals surface area contributed by atoms with Crippen molar-refractivity contribution in [2.24, 2.45) is 12.5 Å². The maximum absolute atomic E-state index is 14.1. The number of rotatable bonds is 4. The largest absolute Gasteiger partial charge is 0.465 e. The van der Waals surface area contributed by atoms with Crippen molar-refractivity contribution in [3.05, 3.63) is 70.9 Å². The molecule has 1 aliphatic carbocycles. The molecule has 2 saturated heterocycles. The second-order valence-corrected chi connectivity index (χ2v) is 11.9. The Morgan fingerprint density at radius 3 is 2.45 bits per heavy atom. The molecule has 0 radical (unpaired) electrons. The molecule has 3 aromatic rings. The highest BCUT2D eigenvalue weighted by atomic mass is 16.4. The second kappa shape index (κ2) is 10.9. The topological polar surface area (TPSA) is 137 Å². The Kier molecular flexibility index (Phi) is 7.25. The van der Waals surface area contributed by atoms with Crippen LogP contribution in [0.25, 0.3) is 11.4 Å². The summed E-state index contributed by atoms with van der Waals surface area (Å²) in [7, 11) is 1.79. The van der Waals surface area contributed by atoms with Crippen molar-refractivity contribution in [1.82, 2.24) is 34.0 Å². The van der Waals surface area contributed by atoms with Gasteiger partial charge in [-0.15, -0.1) is 0 Å². The van der Waals surface area contributed by atoms with Crippen molar-refractivity contribution < 1.29 is 19.8 Å². The van der Waals surface area contributed by atoms with Crippen LogP contribution in [0.1, 0.15) is 43.7 Å². The van der Waals surface area contributed by atoms with Crippen molar-refractivity contribution in [3.63, 3.8) is 0 Å². The summed E-state index contributed by atoms with van der Waals surface area (Å²) in [5.41, 5.74) is 0.170. The number of piperidine rings is 1. The van der Waals surface area contributed by atoms with Gasteiger partial charge in [0.05, 0.1) is 35.9 Å². The number of carbonyl (C=O) groups is 2. The second-order valence-electron chi connectivity index (χ2n) is 11.9. The fourth-order valence-electron chi connectivity index (χ4n) is 7.18. The van der Waals surface area contributed by atoms with Crippen molar-refractivity contribution in [3.8, 4) is 11.4 Å². The summed E-state index contributed by atoms with van der Waals surface area (Å²) >= 11 is 0. The number of hydrogen-bond donors (Lipinski definition) is 2. The van der Waals surface area contributed by atoms with Gasteiger partial charge in [-0.1, -0.05) is 43.2 Å². The van der Waals surface area contributed by atoms with E-state index in [0.717, 1.165) is 36.9 Å². The number of urea groups is 1. The average Bonchev–Trinajstić information content (AvgIpc) is 3.65.